The Kier molecular flexibility index (Phi) is 6.69. The molecule has 8 nitrogen and oxygen atoms in total. The zero-order chi connectivity index (χ0) is 26.2. The van der Waals surface area contributed by atoms with Gasteiger partial charge in [0.2, 0.25) is 5.95 Å². The first-order chi connectivity index (χ1) is 17.1. The van der Waals surface area contributed by atoms with Crippen molar-refractivity contribution >= 4 is 29.4 Å². The lowest BCUT2D eigenvalue weighted by Gasteiger charge is -2.35. The van der Waals surface area contributed by atoms with Crippen LogP contribution in [0.5, 0.6) is 0 Å². The average Bonchev–Trinajstić information content (AvgIpc) is 3.22. The van der Waals surface area contributed by atoms with Crippen LogP contribution in [0.25, 0.3) is 0 Å². The predicted molar refractivity (Wildman–Crippen MR) is 128 cm³/mol. The third-order valence-corrected chi connectivity index (χ3v) is 6.56. The van der Waals surface area contributed by atoms with Crippen molar-refractivity contribution in [2.24, 2.45) is 0 Å². The van der Waals surface area contributed by atoms with Gasteiger partial charge in [0.05, 0.1) is 22.8 Å². The van der Waals surface area contributed by atoms with Crippen LogP contribution in [0, 0.1) is 11.3 Å². The summed E-state index contributed by atoms with van der Waals surface area (Å²) in [7, 11) is 0. The van der Waals surface area contributed by atoms with E-state index in [-0.39, 0.29) is 22.9 Å². The Morgan fingerprint density at radius 1 is 1.28 bits per heavy atom. The fourth-order valence-electron chi connectivity index (χ4n) is 4.35. The number of aryl methyl sites for hydroxylation is 1. The van der Waals surface area contributed by atoms with E-state index in [4.69, 9.17) is 0 Å². The molecule has 0 bridgehead atoms. The molecule has 0 unspecified atom stereocenters. The summed E-state index contributed by atoms with van der Waals surface area (Å²) in [6.45, 7) is 1.46. The Labute approximate surface area is 207 Å². The van der Waals surface area contributed by atoms with Crippen molar-refractivity contribution in [2.45, 2.75) is 25.6 Å². The summed E-state index contributed by atoms with van der Waals surface area (Å²) in [5.41, 5.74) is -0.173. The van der Waals surface area contributed by atoms with Gasteiger partial charge in [0.25, 0.3) is 0 Å². The molecule has 1 aromatic heterocycles. The van der Waals surface area contributed by atoms with E-state index in [1.54, 1.807) is 23.9 Å². The predicted octanol–water partition coefficient (Wildman–Crippen LogP) is 4.47. The molecular formula is C24H20F3N5O3S. The van der Waals surface area contributed by atoms with Crippen LogP contribution in [0.1, 0.15) is 35.2 Å². The Morgan fingerprint density at radius 2 is 2.03 bits per heavy atom. The van der Waals surface area contributed by atoms with Gasteiger partial charge in [-0.25, -0.2) is 19.3 Å². The molecular weight excluding hydrogens is 495 g/mol. The maximum Gasteiger partial charge on any atom is 0.416 e. The van der Waals surface area contributed by atoms with Crippen molar-refractivity contribution in [2.75, 3.05) is 16.9 Å². The van der Waals surface area contributed by atoms with Gasteiger partial charge in [0.15, 0.2) is 0 Å². The molecule has 1 aliphatic rings. The van der Waals surface area contributed by atoms with Crippen molar-refractivity contribution in [3.8, 4) is 6.07 Å². The number of benzene rings is 2. The second kappa shape index (κ2) is 9.58. The number of hydrogen-bond donors (Lipinski definition) is 2. The number of aliphatic carboxylic acids is 1. The number of hydrogen-bond acceptors (Lipinski definition) is 6. The molecule has 0 aliphatic carbocycles. The molecule has 1 atom stereocenters. The molecule has 2 N–H and O–H groups in total. The number of fused-ring (bicyclic) bond motifs is 1. The van der Waals surface area contributed by atoms with Gasteiger partial charge in [-0.1, -0.05) is 12.1 Å². The van der Waals surface area contributed by atoms with E-state index in [0.717, 1.165) is 16.7 Å². The maximum atomic E-state index is 13.4. The van der Waals surface area contributed by atoms with Crippen LogP contribution in [0.15, 0.2) is 58.5 Å². The highest BCUT2D eigenvalue weighted by Crippen LogP contribution is 2.43. The highest BCUT2D eigenvalue weighted by molar-refractivity contribution is 7.98. The number of carbonyl (C=O) groups is 1. The molecule has 0 saturated heterocycles. The van der Waals surface area contributed by atoms with Gasteiger partial charge in [-0.15, -0.1) is 5.10 Å². The maximum absolute atomic E-state index is 13.4. The number of thioether (sulfide) groups is 1. The topological polar surface area (TPSA) is 115 Å². The molecule has 2 aromatic carbocycles. The lowest BCUT2D eigenvalue weighted by molar-refractivity contribution is -0.137. The Bertz CT molecular complexity index is 1470. The number of nitrogens with zero attached hydrogens (tertiary/aromatic N) is 4. The lowest BCUT2D eigenvalue weighted by Crippen LogP contribution is -2.37. The molecule has 1 aliphatic heterocycles. The summed E-state index contributed by atoms with van der Waals surface area (Å²) in [6, 6.07) is 10.1. The van der Waals surface area contributed by atoms with Gasteiger partial charge in [-0.05, 0) is 66.8 Å². The van der Waals surface area contributed by atoms with E-state index in [2.05, 4.69) is 16.3 Å². The lowest BCUT2D eigenvalue weighted by atomic mass is 9.89. The standard InChI is InChI=1S/C24H20F3N5O3S/c1-13-19(21(33)34)20(18-7-6-14(12-28)10-15(18)8-9-36-2)32-22(29-30-23(32)35)31(13)17-5-3-4-16(11-17)24(25,26)27/h3-7,10-11,20H,8-9H2,1-2H3,(H,30,35)(H,33,34)/t20-/m1/s1. The second-order valence-corrected chi connectivity index (χ2v) is 9.04. The largest absolute Gasteiger partial charge is 0.478 e. The van der Waals surface area contributed by atoms with Gasteiger partial charge in [0, 0.05) is 11.4 Å². The number of H-pyrrole nitrogens is 1. The van der Waals surface area contributed by atoms with Gasteiger partial charge < -0.3 is 5.11 Å². The summed E-state index contributed by atoms with van der Waals surface area (Å²) in [6.07, 6.45) is -2.21. The van der Waals surface area contributed by atoms with Crippen LogP contribution < -0.4 is 10.6 Å². The highest BCUT2D eigenvalue weighted by atomic mass is 32.2. The van der Waals surface area contributed by atoms with E-state index in [0.29, 0.717) is 28.9 Å². The van der Waals surface area contributed by atoms with Crippen LogP contribution in [-0.2, 0) is 17.4 Å². The zero-order valence-electron chi connectivity index (χ0n) is 19.1. The average molecular weight is 516 g/mol. The molecule has 12 heteroatoms. The van der Waals surface area contributed by atoms with Crippen LogP contribution in [0.2, 0.25) is 0 Å². The summed E-state index contributed by atoms with van der Waals surface area (Å²) in [5, 5.41) is 26.0. The molecule has 0 amide bonds. The van der Waals surface area contributed by atoms with Gasteiger partial charge >= 0.3 is 17.8 Å². The third-order valence-electron chi connectivity index (χ3n) is 5.95. The quantitative estimate of drug-likeness (QED) is 0.498. The van der Waals surface area contributed by atoms with E-state index in [1.165, 1.54) is 30.0 Å². The summed E-state index contributed by atoms with van der Waals surface area (Å²) in [4.78, 5) is 26.7. The van der Waals surface area contributed by atoms with Crippen LogP contribution >= 0.6 is 11.8 Å². The molecule has 2 heterocycles. The molecule has 0 fully saturated rings. The first kappa shape index (κ1) is 25.1. The number of allylic oxidation sites excluding steroid dienone is 1. The molecule has 0 spiro atoms. The zero-order valence-corrected chi connectivity index (χ0v) is 19.9. The van der Waals surface area contributed by atoms with E-state index < -0.39 is 29.4 Å². The highest BCUT2D eigenvalue weighted by Gasteiger charge is 2.40. The molecule has 3 aromatic rings. The van der Waals surface area contributed by atoms with Crippen molar-refractivity contribution in [1.29, 1.82) is 5.26 Å². The Balaban J connectivity index is 1.99. The molecule has 0 radical (unpaired) electrons. The minimum atomic E-state index is -4.62. The molecule has 4 rings (SSSR count). The van der Waals surface area contributed by atoms with Gasteiger partial charge in [0.1, 0.15) is 6.04 Å². The SMILES string of the molecule is CSCCc1cc(C#N)ccc1[C@@H]1C(C(=O)O)=C(C)N(c2cccc(C(F)(F)F)c2)c2n[nH]c(=O)n21. The van der Waals surface area contributed by atoms with Crippen LogP contribution in [-0.4, -0.2) is 37.8 Å². The number of nitriles is 1. The number of halogens is 3. The normalized spacial score (nSPS) is 15.6. The van der Waals surface area contributed by atoms with Crippen molar-refractivity contribution in [3.63, 3.8) is 0 Å². The number of aromatic nitrogens is 3. The summed E-state index contributed by atoms with van der Waals surface area (Å²) in [5.74, 6) is -0.705. The fraction of sp³-hybridized carbons (Fsp3) is 0.250. The number of alkyl halides is 3. The minimum absolute atomic E-state index is 0.00205. The van der Waals surface area contributed by atoms with Crippen molar-refractivity contribution in [3.05, 3.63) is 86.5 Å². The molecule has 186 valence electrons. The number of rotatable bonds is 6. The number of anilines is 2. The number of aromatic amines is 1. The van der Waals surface area contributed by atoms with Gasteiger partial charge in [-0.3, -0.25) is 4.90 Å². The van der Waals surface area contributed by atoms with Crippen LogP contribution in [0.4, 0.5) is 24.8 Å². The Hall–Kier alpha value is -3.98. The smallest absolute Gasteiger partial charge is 0.416 e. The summed E-state index contributed by atoms with van der Waals surface area (Å²) >= 11 is 1.57. The molecule has 36 heavy (non-hydrogen) atoms. The fourth-order valence-corrected chi connectivity index (χ4v) is 4.78. The first-order valence-electron chi connectivity index (χ1n) is 10.7. The monoisotopic (exact) mass is 515 g/mol. The Morgan fingerprint density at radius 3 is 2.67 bits per heavy atom. The van der Waals surface area contributed by atoms with Crippen molar-refractivity contribution in [1.82, 2.24) is 14.8 Å². The van der Waals surface area contributed by atoms with E-state index >= 15 is 0 Å². The van der Waals surface area contributed by atoms with E-state index in [9.17, 15) is 33.1 Å². The number of carboxylic acids is 1. The number of carboxylic acid groups (broad SMARTS) is 1. The van der Waals surface area contributed by atoms with Crippen molar-refractivity contribution < 1.29 is 23.1 Å². The van der Waals surface area contributed by atoms with Gasteiger partial charge in [-0.2, -0.15) is 30.2 Å². The summed E-state index contributed by atoms with van der Waals surface area (Å²) < 4.78 is 41.3. The first-order valence-corrected chi connectivity index (χ1v) is 12.1. The second-order valence-electron chi connectivity index (χ2n) is 8.06. The number of nitrogens with one attached hydrogen (secondary N) is 1. The van der Waals surface area contributed by atoms with Crippen LogP contribution in [0.3, 0.4) is 0 Å². The molecule has 0 saturated carbocycles. The minimum Gasteiger partial charge on any atom is -0.478 e. The van der Waals surface area contributed by atoms with E-state index in [1.807, 2.05) is 6.26 Å². The third kappa shape index (κ3) is 4.37.